The second kappa shape index (κ2) is 7.81. The lowest BCUT2D eigenvalue weighted by atomic mass is 10.0. The first kappa shape index (κ1) is 18.9. The molecule has 3 N–H and O–H groups in total. The zero-order chi connectivity index (χ0) is 19.4. The Kier molecular flexibility index (Phi) is 5.48. The molecule has 3 aromatic rings. The highest BCUT2D eigenvalue weighted by Crippen LogP contribution is 2.25. The van der Waals surface area contributed by atoms with E-state index < -0.39 is 10.0 Å². The predicted octanol–water partition coefficient (Wildman–Crippen LogP) is 3.06. The van der Waals surface area contributed by atoms with Gasteiger partial charge >= 0.3 is 0 Å². The van der Waals surface area contributed by atoms with Gasteiger partial charge in [0.1, 0.15) is 5.82 Å². The van der Waals surface area contributed by atoms with Crippen LogP contribution >= 0.6 is 0 Å². The van der Waals surface area contributed by atoms with Gasteiger partial charge in [0.25, 0.3) is 0 Å². The molecule has 7 nitrogen and oxygen atoms in total. The zero-order valence-corrected chi connectivity index (χ0v) is 15.9. The topological polar surface area (TPSA) is 111 Å². The highest BCUT2D eigenvalue weighted by molar-refractivity contribution is 7.89. The molecule has 0 spiro atoms. The van der Waals surface area contributed by atoms with Gasteiger partial charge in [-0.05, 0) is 43.2 Å². The number of primary sulfonamides is 1. The van der Waals surface area contributed by atoms with Crippen LogP contribution in [-0.4, -0.2) is 23.4 Å². The van der Waals surface area contributed by atoms with Crippen LogP contribution < -0.4 is 10.5 Å². The van der Waals surface area contributed by atoms with Crippen molar-refractivity contribution >= 4 is 15.8 Å². The Bertz CT molecular complexity index is 1040. The van der Waals surface area contributed by atoms with Gasteiger partial charge < -0.3 is 5.32 Å². The molecule has 0 aliphatic carbocycles. The molecule has 0 bridgehead atoms. The number of anilines is 1. The number of pyridine rings is 1. The Morgan fingerprint density at radius 2 is 1.96 bits per heavy atom. The fourth-order valence-electron chi connectivity index (χ4n) is 2.77. The minimum atomic E-state index is -3.75. The SMILES string of the molecule is CCC(Nc1cc(C)nc(-c2cccnc2)n1)c1cccc(S(N)(=O)=O)c1. The molecule has 3 rings (SSSR count). The van der Waals surface area contributed by atoms with Gasteiger partial charge in [0.2, 0.25) is 10.0 Å². The van der Waals surface area contributed by atoms with Gasteiger partial charge in [-0.2, -0.15) is 0 Å². The smallest absolute Gasteiger partial charge is 0.238 e. The molecular weight excluding hydrogens is 362 g/mol. The number of sulfonamides is 1. The second-order valence-corrected chi connectivity index (χ2v) is 7.74. The Balaban J connectivity index is 1.93. The maximum absolute atomic E-state index is 11.6. The molecule has 0 saturated carbocycles. The molecule has 0 fully saturated rings. The molecule has 140 valence electrons. The average molecular weight is 383 g/mol. The quantitative estimate of drug-likeness (QED) is 0.677. The average Bonchev–Trinajstić information content (AvgIpc) is 2.66. The fraction of sp³-hybridized carbons (Fsp3) is 0.211. The summed E-state index contributed by atoms with van der Waals surface area (Å²) in [4.78, 5) is 13.3. The summed E-state index contributed by atoms with van der Waals surface area (Å²) in [7, 11) is -3.75. The lowest BCUT2D eigenvalue weighted by Gasteiger charge is -2.19. The summed E-state index contributed by atoms with van der Waals surface area (Å²) in [5.74, 6) is 1.24. The summed E-state index contributed by atoms with van der Waals surface area (Å²) < 4.78 is 23.3. The number of hydrogen-bond donors (Lipinski definition) is 2. The van der Waals surface area contributed by atoms with Gasteiger partial charge in [-0.25, -0.2) is 23.5 Å². The maximum Gasteiger partial charge on any atom is 0.238 e. The van der Waals surface area contributed by atoms with Crippen LogP contribution in [0.5, 0.6) is 0 Å². The summed E-state index contributed by atoms with van der Waals surface area (Å²) >= 11 is 0. The highest BCUT2D eigenvalue weighted by Gasteiger charge is 2.15. The Hall–Kier alpha value is -2.84. The molecule has 1 aromatic carbocycles. The highest BCUT2D eigenvalue weighted by atomic mass is 32.2. The Morgan fingerprint density at radius 1 is 1.15 bits per heavy atom. The van der Waals surface area contributed by atoms with Crippen LogP contribution in [0.3, 0.4) is 0 Å². The third-order valence-electron chi connectivity index (χ3n) is 4.09. The van der Waals surface area contributed by atoms with Crippen LogP contribution in [0, 0.1) is 6.92 Å². The van der Waals surface area contributed by atoms with Crippen molar-refractivity contribution in [1.82, 2.24) is 15.0 Å². The van der Waals surface area contributed by atoms with Gasteiger partial charge in [0.05, 0.1) is 10.9 Å². The zero-order valence-electron chi connectivity index (χ0n) is 15.1. The van der Waals surface area contributed by atoms with Crippen molar-refractivity contribution in [2.45, 2.75) is 31.2 Å². The number of nitrogens with zero attached hydrogens (tertiary/aromatic N) is 3. The van der Waals surface area contributed by atoms with E-state index in [4.69, 9.17) is 5.14 Å². The molecule has 0 aliphatic heterocycles. The first-order chi connectivity index (χ1) is 12.9. The maximum atomic E-state index is 11.6. The van der Waals surface area contributed by atoms with E-state index in [1.54, 1.807) is 24.5 Å². The monoisotopic (exact) mass is 383 g/mol. The summed E-state index contributed by atoms with van der Waals surface area (Å²) in [6.07, 6.45) is 4.15. The van der Waals surface area contributed by atoms with Gasteiger partial charge in [-0.15, -0.1) is 0 Å². The van der Waals surface area contributed by atoms with Crippen molar-refractivity contribution in [3.8, 4) is 11.4 Å². The molecule has 2 aromatic heterocycles. The minimum Gasteiger partial charge on any atom is -0.363 e. The summed E-state index contributed by atoms with van der Waals surface area (Å²) in [6.45, 7) is 3.91. The molecule has 0 amide bonds. The molecular formula is C19H21N5O2S. The lowest BCUT2D eigenvalue weighted by Crippen LogP contribution is -2.15. The number of aromatic nitrogens is 3. The third-order valence-corrected chi connectivity index (χ3v) is 5.00. The van der Waals surface area contributed by atoms with Crippen molar-refractivity contribution in [1.29, 1.82) is 0 Å². The standard InChI is InChI=1S/C19H21N5O2S/c1-3-17(14-6-4-8-16(11-14)27(20,25)26)23-18-10-13(2)22-19(24-18)15-7-5-9-21-12-15/h4-12,17H,3H2,1-2H3,(H2,20,25,26)(H,22,23,24). The van der Waals surface area contributed by atoms with E-state index in [2.05, 4.69) is 20.3 Å². The first-order valence-corrected chi connectivity index (χ1v) is 10.1. The normalized spacial score (nSPS) is 12.6. The van der Waals surface area contributed by atoms with E-state index in [1.165, 1.54) is 6.07 Å². The third kappa shape index (κ3) is 4.66. The predicted molar refractivity (Wildman–Crippen MR) is 104 cm³/mol. The Labute approximate surface area is 158 Å². The molecule has 27 heavy (non-hydrogen) atoms. The van der Waals surface area contributed by atoms with Crippen molar-refractivity contribution < 1.29 is 8.42 Å². The molecule has 0 saturated heterocycles. The molecule has 1 atom stereocenters. The van der Waals surface area contributed by atoms with Crippen LogP contribution in [0.15, 0.2) is 59.8 Å². The molecule has 0 radical (unpaired) electrons. The Morgan fingerprint density at radius 3 is 2.63 bits per heavy atom. The van der Waals surface area contributed by atoms with E-state index >= 15 is 0 Å². The van der Waals surface area contributed by atoms with E-state index in [1.807, 2.05) is 38.1 Å². The number of nitrogens with two attached hydrogens (primary N) is 1. The van der Waals surface area contributed by atoms with Crippen molar-refractivity contribution in [3.05, 3.63) is 66.1 Å². The van der Waals surface area contributed by atoms with E-state index in [0.29, 0.717) is 11.6 Å². The van der Waals surface area contributed by atoms with Crippen LogP contribution in [0.2, 0.25) is 0 Å². The summed E-state index contributed by atoms with van der Waals surface area (Å²) in [5.41, 5.74) is 2.47. The second-order valence-electron chi connectivity index (χ2n) is 6.18. The number of rotatable bonds is 6. The molecule has 8 heteroatoms. The van der Waals surface area contributed by atoms with Crippen LogP contribution in [-0.2, 0) is 10.0 Å². The van der Waals surface area contributed by atoms with Crippen molar-refractivity contribution in [2.24, 2.45) is 5.14 Å². The molecule has 0 aliphatic rings. The van der Waals surface area contributed by atoms with Crippen LogP contribution in [0.4, 0.5) is 5.82 Å². The van der Waals surface area contributed by atoms with Crippen molar-refractivity contribution in [2.75, 3.05) is 5.32 Å². The molecule has 2 heterocycles. The van der Waals surface area contributed by atoms with Crippen LogP contribution in [0.25, 0.3) is 11.4 Å². The van der Waals surface area contributed by atoms with Crippen molar-refractivity contribution in [3.63, 3.8) is 0 Å². The van der Waals surface area contributed by atoms with E-state index in [0.717, 1.165) is 23.2 Å². The van der Waals surface area contributed by atoms with Gasteiger partial charge in [0.15, 0.2) is 5.82 Å². The number of aryl methyl sites for hydroxylation is 1. The fourth-order valence-corrected chi connectivity index (χ4v) is 3.34. The lowest BCUT2D eigenvalue weighted by molar-refractivity contribution is 0.597. The molecule has 1 unspecified atom stereocenters. The summed E-state index contributed by atoms with van der Waals surface area (Å²) in [5, 5.41) is 8.62. The van der Waals surface area contributed by atoms with Gasteiger partial charge in [0, 0.05) is 29.7 Å². The van der Waals surface area contributed by atoms with E-state index in [9.17, 15) is 8.42 Å². The van der Waals surface area contributed by atoms with Gasteiger partial charge in [-0.3, -0.25) is 4.98 Å². The van der Waals surface area contributed by atoms with Crippen LogP contribution in [0.1, 0.15) is 30.6 Å². The first-order valence-electron chi connectivity index (χ1n) is 8.52. The number of hydrogen-bond acceptors (Lipinski definition) is 6. The largest absolute Gasteiger partial charge is 0.363 e. The van der Waals surface area contributed by atoms with Gasteiger partial charge in [-0.1, -0.05) is 19.1 Å². The minimum absolute atomic E-state index is 0.0927. The summed E-state index contributed by atoms with van der Waals surface area (Å²) in [6, 6.07) is 12.1. The number of benzene rings is 1. The number of nitrogens with one attached hydrogen (secondary N) is 1. The van der Waals surface area contributed by atoms with E-state index in [-0.39, 0.29) is 10.9 Å².